The number of aromatic nitrogens is 2. The van der Waals surface area contributed by atoms with E-state index in [2.05, 4.69) is 14.4 Å². The summed E-state index contributed by atoms with van der Waals surface area (Å²) in [6, 6.07) is 0.254. The molecule has 2 N–H and O–H groups in total. The summed E-state index contributed by atoms with van der Waals surface area (Å²) in [4.78, 5) is 27.0. The monoisotopic (exact) mass is 496 g/mol. The number of hydrogen-bond acceptors (Lipinski definition) is 7. The molecule has 14 heteroatoms. The molecule has 0 radical (unpaired) electrons. The standard InChI is InChI=1S/C18H17F5N4O3S2/c1-30-15(28)13(26-16(29)18(21,22)23)8-25-32-31-17-24-4-5-27(17)14-3-2-10-11(14)6-9(19)7-12(10)20/h4-7,13-14,25H,2-3,8H2,1H3,(H,26,29). The van der Waals surface area contributed by atoms with Gasteiger partial charge in [0.2, 0.25) is 0 Å². The maximum Gasteiger partial charge on any atom is 0.471 e. The van der Waals surface area contributed by atoms with Crippen LogP contribution in [0, 0.1) is 11.6 Å². The Morgan fingerprint density at radius 3 is 2.78 bits per heavy atom. The molecule has 3 rings (SSSR count). The first-order chi connectivity index (χ1) is 15.1. The van der Waals surface area contributed by atoms with Crippen molar-refractivity contribution in [3.05, 3.63) is 47.3 Å². The number of rotatable bonds is 8. The lowest BCUT2D eigenvalue weighted by Crippen LogP contribution is -2.50. The van der Waals surface area contributed by atoms with Crippen LogP contribution in [-0.4, -0.2) is 47.3 Å². The van der Waals surface area contributed by atoms with E-state index in [1.54, 1.807) is 16.1 Å². The maximum atomic E-state index is 14.0. The summed E-state index contributed by atoms with van der Waals surface area (Å²) in [5.74, 6) is -4.58. The Morgan fingerprint density at radius 1 is 1.34 bits per heavy atom. The van der Waals surface area contributed by atoms with Gasteiger partial charge in [-0.1, -0.05) is 0 Å². The second-order valence-corrected chi connectivity index (χ2v) is 8.68. The Labute approximate surface area is 187 Å². The summed E-state index contributed by atoms with van der Waals surface area (Å²) in [7, 11) is 3.03. The van der Waals surface area contributed by atoms with Crippen molar-refractivity contribution in [3.63, 3.8) is 0 Å². The lowest BCUT2D eigenvalue weighted by molar-refractivity contribution is -0.175. The van der Waals surface area contributed by atoms with Crippen molar-refractivity contribution >= 4 is 33.7 Å². The van der Waals surface area contributed by atoms with Crippen LogP contribution in [-0.2, 0) is 20.7 Å². The number of amides is 1. The van der Waals surface area contributed by atoms with Crippen molar-refractivity contribution in [1.29, 1.82) is 0 Å². The smallest absolute Gasteiger partial charge is 0.467 e. The Kier molecular flexibility index (Phi) is 7.67. The molecule has 2 unspecified atom stereocenters. The summed E-state index contributed by atoms with van der Waals surface area (Å²) >= 11 is 0. The number of benzene rings is 1. The van der Waals surface area contributed by atoms with E-state index < -0.39 is 35.7 Å². The largest absolute Gasteiger partial charge is 0.471 e. The topological polar surface area (TPSA) is 85.2 Å². The van der Waals surface area contributed by atoms with E-state index in [0.717, 1.165) is 34.9 Å². The summed E-state index contributed by atoms with van der Waals surface area (Å²) in [6.07, 6.45) is -0.982. The van der Waals surface area contributed by atoms with Gasteiger partial charge in [-0.15, -0.1) is 0 Å². The highest BCUT2D eigenvalue weighted by Crippen LogP contribution is 2.39. The molecule has 1 aliphatic carbocycles. The molecular weight excluding hydrogens is 479 g/mol. The third-order valence-electron chi connectivity index (χ3n) is 4.70. The Bertz CT molecular complexity index is 1000. The molecule has 32 heavy (non-hydrogen) atoms. The van der Waals surface area contributed by atoms with Gasteiger partial charge in [-0.25, -0.2) is 18.6 Å². The number of fused-ring (bicyclic) bond motifs is 1. The molecule has 1 aliphatic rings. The van der Waals surface area contributed by atoms with E-state index in [9.17, 15) is 31.5 Å². The molecule has 0 saturated heterocycles. The summed E-state index contributed by atoms with van der Waals surface area (Å²) in [5, 5.41) is 2.03. The zero-order valence-electron chi connectivity index (χ0n) is 16.4. The van der Waals surface area contributed by atoms with E-state index >= 15 is 0 Å². The minimum absolute atomic E-state index is 0.324. The minimum atomic E-state index is -5.14. The number of nitrogens with one attached hydrogen (secondary N) is 2. The molecule has 0 bridgehead atoms. The van der Waals surface area contributed by atoms with Gasteiger partial charge in [0, 0.05) is 25.0 Å². The molecule has 7 nitrogen and oxygen atoms in total. The Hall–Kier alpha value is -2.32. The van der Waals surface area contributed by atoms with Gasteiger partial charge in [0.15, 0.2) is 5.16 Å². The quantitative estimate of drug-likeness (QED) is 0.191. The van der Waals surface area contributed by atoms with Crippen LogP contribution in [0.25, 0.3) is 0 Å². The summed E-state index contributed by atoms with van der Waals surface area (Å²) in [6.45, 7) is -0.352. The predicted molar refractivity (Wildman–Crippen MR) is 106 cm³/mol. The van der Waals surface area contributed by atoms with E-state index in [1.165, 1.54) is 12.3 Å². The maximum absolute atomic E-state index is 14.0. The second-order valence-electron chi connectivity index (χ2n) is 6.69. The van der Waals surface area contributed by atoms with Crippen molar-refractivity contribution in [3.8, 4) is 0 Å². The van der Waals surface area contributed by atoms with E-state index in [4.69, 9.17) is 0 Å². The van der Waals surface area contributed by atoms with Gasteiger partial charge in [-0.05, 0) is 51.8 Å². The molecule has 174 valence electrons. The van der Waals surface area contributed by atoms with Crippen LogP contribution in [0.5, 0.6) is 0 Å². The molecule has 0 spiro atoms. The number of nitrogens with zero attached hydrogens (tertiary/aromatic N) is 2. The van der Waals surface area contributed by atoms with Crippen LogP contribution in [0.4, 0.5) is 22.0 Å². The van der Waals surface area contributed by atoms with Crippen molar-refractivity contribution in [2.24, 2.45) is 0 Å². The van der Waals surface area contributed by atoms with Gasteiger partial charge in [0.25, 0.3) is 0 Å². The molecule has 0 fully saturated rings. The lowest BCUT2D eigenvalue weighted by atomic mass is 10.1. The molecule has 2 atom stereocenters. The van der Waals surface area contributed by atoms with Crippen molar-refractivity contribution < 1.29 is 36.3 Å². The molecular formula is C18H17F5N4O3S2. The van der Waals surface area contributed by atoms with Crippen LogP contribution in [0.2, 0.25) is 0 Å². The number of carbonyl (C=O) groups excluding carboxylic acids is 2. The van der Waals surface area contributed by atoms with Crippen molar-refractivity contribution in [2.45, 2.75) is 36.3 Å². The zero-order chi connectivity index (χ0) is 23.5. The van der Waals surface area contributed by atoms with Gasteiger partial charge >= 0.3 is 18.1 Å². The highest BCUT2D eigenvalue weighted by atomic mass is 33.1. The first kappa shape index (κ1) is 24.3. The minimum Gasteiger partial charge on any atom is -0.467 e. The second kappa shape index (κ2) is 10.1. The van der Waals surface area contributed by atoms with Crippen molar-refractivity contribution in [2.75, 3.05) is 13.7 Å². The fraction of sp³-hybridized carbons (Fsp3) is 0.389. The predicted octanol–water partition coefficient (Wildman–Crippen LogP) is 3.16. The van der Waals surface area contributed by atoms with E-state index in [0.29, 0.717) is 29.1 Å². The summed E-state index contributed by atoms with van der Waals surface area (Å²) in [5.41, 5.74) is 0.981. The SMILES string of the molecule is COC(=O)C(CNSSc1nccn1C1CCc2c(F)cc(F)cc21)NC(=O)C(F)(F)F. The molecule has 1 amide bonds. The molecule has 1 aromatic carbocycles. The lowest BCUT2D eigenvalue weighted by Gasteiger charge is -2.18. The zero-order valence-corrected chi connectivity index (χ0v) is 18.0. The fourth-order valence-electron chi connectivity index (χ4n) is 3.27. The van der Waals surface area contributed by atoms with E-state index in [-0.39, 0.29) is 12.6 Å². The van der Waals surface area contributed by atoms with E-state index in [1.807, 2.05) is 0 Å². The van der Waals surface area contributed by atoms with Crippen LogP contribution in [0.15, 0.2) is 29.7 Å². The van der Waals surface area contributed by atoms with Crippen LogP contribution in [0.3, 0.4) is 0 Å². The van der Waals surface area contributed by atoms with Gasteiger partial charge in [0.1, 0.15) is 17.7 Å². The highest BCUT2D eigenvalue weighted by molar-refractivity contribution is 8.75. The number of hydrogen-bond donors (Lipinski definition) is 2. The molecule has 0 saturated carbocycles. The van der Waals surface area contributed by atoms with Crippen LogP contribution in [0.1, 0.15) is 23.6 Å². The number of halogens is 5. The number of methoxy groups -OCH3 is 1. The average molecular weight is 496 g/mol. The van der Waals surface area contributed by atoms with Crippen molar-refractivity contribution in [1.82, 2.24) is 19.6 Å². The summed E-state index contributed by atoms with van der Waals surface area (Å²) < 4.78 is 73.9. The molecule has 0 aliphatic heterocycles. The third kappa shape index (κ3) is 5.53. The third-order valence-corrected chi connectivity index (χ3v) is 6.59. The van der Waals surface area contributed by atoms with Gasteiger partial charge in [0.05, 0.1) is 13.2 Å². The molecule has 2 aromatic rings. The molecule has 1 aromatic heterocycles. The van der Waals surface area contributed by atoms with Crippen LogP contribution >= 0.6 is 21.8 Å². The van der Waals surface area contributed by atoms with Gasteiger partial charge in [-0.2, -0.15) is 13.2 Å². The number of carbonyl (C=O) groups is 2. The number of alkyl halides is 3. The molecule has 1 heterocycles. The first-order valence-corrected chi connectivity index (χ1v) is 11.3. The highest BCUT2D eigenvalue weighted by Gasteiger charge is 2.41. The first-order valence-electron chi connectivity index (χ1n) is 9.14. The normalized spacial score (nSPS) is 16.5. The van der Waals surface area contributed by atoms with Gasteiger partial charge in [-0.3, -0.25) is 9.52 Å². The fourth-order valence-corrected chi connectivity index (χ4v) is 5.01. The number of imidazole rings is 1. The number of esters is 1. The Morgan fingerprint density at radius 2 is 2.09 bits per heavy atom. The van der Waals surface area contributed by atoms with Gasteiger partial charge < -0.3 is 14.6 Å². The Balaban J connectivity index is 1.61. The number of ether oxygens (including phenoxy) is 1. The van der Waals surface area contributed by atoms with Crippen LogP contribution < -0.4 is 10.0 Å². The average Bonchev–Trinajstić information content (AvgIpc) is 3.35.